The standard InChI is InChI=1S/C12H15BrN4OS/c1-18-5-4-14-7-9-2-3-10(6-11(9)13)19-12-15-8-16-17-12/h2-3,6,8,14H,4-5,7H2,1H3,(H,15,16,17). The number of hydrogen-bond acceptors (Lipinski definition) is 5. The van der Waals surface area contributed by atoms with Crippen LogP contribution in [0.3, 0.4) is 0 Å². The van der Waals surface area contributed by atoms with Crippen molar-refractivity contribution in [1.29, 1.82) is 0 Å². The van der Waals surface area contributed by atoms with Crippen molar-refractivity contribution in [2.24, 2.45) is 0 Å². The molecule has 0 radical (unpaired) electrons. The molecule has 0 saturated carbocycles. The molecule has 5 nitrogen and oxygen atoms in total. The molecule has 0 bridgehead atoms. The predicted molar refractivity (Wildman–Crippen MR) is 78.2 cm³/mol. The van der Waals surface area contributed by atoms with Gasteiger partial charge in [-0.05, 0) is 17.7 Å². The van der Waals surface area contributed by atoms with Gasteiger partial charge in [0.2, 0.25) is 0 Å². The summed E-state index contributed by atoms with van der Waals surface area (Å²) in [6.45, 7) is 2.38. The van der Waals surface area contributed by atoms with Gasteiger partial charge in [0.1, 0.15) is 6.33 Å². The Bertz CT molecular complexity index is 506. The highest BCUT2D eigenvalue weighted by molar-refractivity contribution is 9.10. The van der Waals surface area contributed by atoms with Gasteiger partial charge in [0.25, 0.3) is 0 Å². The number of aromatic amines is 1. The average Bonchev–Trinajstić information content (AvgIpc) is 2.90. The Hall–Kier alpha value is -0.890. The summed E-state index contributed by atoms with van der Waals surface area (Å²) in [6.07, 6.45) is 1.51. The topological polar surface area (TPSA) is 62.8 Å². The minimum absolute atomic E-state index is 0.719. The number of H-pyrrole nitrogens is 1. The molecule has 0 amide bonds. The van der Waals surface area contributed by atoms with Gasteiger partial charge in [-0.2, -0.15) is 5.10 Å². The zero-order chi connectivity index (χ0) is 13.5. The van der Waals surface area contributed by atoms with Crippen molar-refractivity contribution in [2.45, 2.75) is 16.6 Å². The first-order valence-electron chi connectivity index (χ1n) is 5.81. The van der Waals surface area contributed by atoms with Crippen LogP contribution in [0.2, 0.25) is 0 Å². The Labute approximate surface area is 124 Å². The maximum Gasteiger partial charge on any atom is 0.188 e. The fourth-order valence-electron chi connectivity index (χ4n) is 1.49. The molecular weight excluding hydrogens is 328 g/mol. The average molecular weight is 343 g/mol. The highest BCUT2D eigenvalue weighted by atomic mass is 79.9. The number of hydrogen-bond donors (Lipinski definition) is 2. The van der Waals surface area contributed by atoms with Crippen LogP contribution >= 0.6 is 27.7 Å². The quantitative estimate of drug-likeness (QED) is 0.756. The molecule has 0 saturated heterocycles. The summed E-state index contributed by atoms with van der Waals surface area (Å²) in [7, 11) is 1.70. The molecule has 102 valence electrons. The lowest BCUT2D eigenvalue weighted by Crippen LogP contribution is -2.18. The zero-order valence-electron chi connectivity index (χ0n) is 10.5. The Morgan fingerprint density at radius 3 is 3.05 bits per heavy atom. The molecular formula is C12H15BrN4OS. The van der Waals surface area contributed by atoms with E-state index < -0.39 is 0 Å². The van der Waals surface area contributed by atoms with E-state index in [2.05, 4.69) is 54.6 Å². The van der Waals surface area contributed by atoms with Gasteiger partial charge in [-0.25, -0.2) is 4.98 Å². The first kappa shape index (κ1) is 14.5. The van der Waals surface area contributed by atoms with E-state index in [0.29, 0.717) is 0 Å². The summed E-state index contributed by atoms with van der Waals surface area (Å²) in [5, 5.41) is 10.8. The highest BCUT2D eigenvalue weighted by Gasteiger charge is 2.04. The van der Waals surface area contributed by atoms with Gasteiger partial charge in [0.15, 0.2) is 5.16 Å². The summed E-state index contributed by atoms with van der Waals surface area (Å²) < 4.78 is 6.08. The van der Waals surface area contributed by atoms with E-state index in [1.165, 1.54) is 11.9 Å². The van der Waals surface area contributed by atoms with E-state index in [4.69, 9.17) is 4.74 Å². The Kier molecular flexibility index (Phi) is 5.84. The first-order valence-corrected chi connectivity index (χ1v) is 7.42. The van der Waals surface area contributed by atoms with Crippen LogP contribution in [0.1, 0.15) is 5.56 Å². The van der Waals surface area contributed by atoms with Gasteiger partial charge in [-0.3, -0.25) is 5.10 Å². The van der Waals surface area contributed by atoms with Gasteiger partial charge < -0.3 is 10.1 Å². The number of ether oxygens (including phenoxy) is 1. The molecule has 0 aliphatic rings. The zero-order valence-corrected chi connectivity index (χ0v) is 12.9. The lowest BCUT2D eigenvalue weighted by molar-refractivity contribution is 0.199. The molecule has 7 heteroatoms. The van der Waals surface area contributed by atoms with Gasteiger partial charge in [0.05, 0.1) is 6.61 Å². The second-order valence-corrected chi connectivity index (χ2v) is 5.73. The van der Waals surface area contributed by atoms with Crippen LogP contribution in [0.25, 0.3) is 0 Å². The third kappa shape index (κ3) is 4.61. The molecule has 0 atom stereocenters. The van der Waals surface area contributed by atoms with Crippen LogP contribution in [-0.2, 0) is 11.3 Å². The number of methoxy groups -OCH3 is 1. The smallest absolute Gasteiger partial charge is 0.188 e. The maximum absolute atomic E-state index is 4.99. The molecule has 0 aliphatic carbocycles. The Balaban J connectivity index is 1.93. The van der Waals surface area contributed by atoms with Gasteiger partial charge >= 0.3 is 0 Å². The monoisotopic (exact) mass is 342 g/mol. The number of benzene rings is 1. The SMILES string of the molecule is COCCNCc1ccc(Sc2ncn[nH]2)cc1Br. The van der Waals surface area contributed by atoms with Crippen molar-refractivity contribution in [1.82, 2.24) is 20.5 Å². The maximum atomic E-state index is 4.99. The molecule has 1 aromatic carbocycles. The summed E-state index contributed by atoms with van der Waals surface area (Å²) in [6, 6.07) is 6.26. The second kappa shape index (κ2) is 7.64. The van der Waals surface area contributed by atoms with E-state index >= 15 is 0 Å². The van der Waals surface area contributed by atoms with Crippen molar-refractivity contribution >= 4 is 27.7 Å². The van der Waals surface area contributed by atoms with E-state index in [0.717, 1.165) is 34.2 Å². The van der Waals surface area contributed by atoms with Crippen LogP contribution in [0.4, 0.5) is 0 Å². The molecule has 0 fully saturated rings. The molecule has 0 unspecified atom stereocenters. The second-order valence-electron chi connectivity index (χ2n) is 3.82. The van der Waals surface area contributed by atoms with Crippen LogP contribution in [0.15, 0.2) is 39.1 Å². The van der Waals surface area contributed by atoms with Crippen molar-refractivity contribution in [3.63, 3.8) is 0 Å². The third-order valence-electron chi connectivity index (χ3n) is 2.43. The predicted octanol–water partition coefficient (Wildman–Crippen LogP) is 2.45. The summed E-state index contributed by atoms with van der Waals surface area (Å²) >= 11 is 5.14. The molecule has 0 aliphatic heterocycles. The van der Waals surface area contributed by atoms with Gasteiger partial charge in [-0.15, -0.1) is 0 Å². The molecule has 19 heavy (non-hydrogen) atoms. The molecule has 0 spiro atoms. The number of aromatic nitrogens is 3. The van der Waals surface area contributed by atoms with Gasteiger partial charge in [0, 0.05) is 29.6 Å². The molecule has 1 heterocycles. The molecule has 2 N–H and O–H groups in total. The van der Waals surface area contributed by atoms with E-state index in [-0.39, 0.29) is 0 Å². The van der Waals surface area contributed by atoms with Crippen LogP contribution in [-0.4, -0.2) is 35.4 Å². The normalized spacial score (nSPS) is 10.8. The Morgan fingerprint density at radius 2 is 2.37 bits per heavy atom. The van der Waals surface area contributed by atoms with E-state index in [9.17, 15) is 0 Å². The van der Waals surface area contributed by atoms with Crippen LogP contribution < -0.4 is 5.32 Å². The van der Waals surface area contributed by atoms with Crippen molar-refractivity contribution in [3.8, 4) is 0 Å². The number of halogens is 1. The largest absolute Gasteiger partial charge is 0.383 e. The Morgan fingerprint density at radius 1 is 1.47 bits per heavy atom. The van der Waals surface area contributed by atoms with Crippen molar-refractivity contribution in [2.75, 3.05) is 20.3 Å². The highest BCUT2D eigenvalue weighted by Crippen LogP contribution is 2.28. The molecule has 1 aromatic heterocycles. The molecule has 2 aromatic rings. The number of rotatable bonds is 7. The van der Waals surface area contributed by atoms with Gasteiger partial charge in [-0.1, -0.05) is 33.8 Å². The lowest BCUT2D eigenvalue weighted by Gasteiger charge is -2.08. The fraction of sp³-hybridized carbons (Fsp3) is 0.333. The minimum atomic E-state index is 0.719. The summed E-state index contributed by atoms with van der Waals surface area (Å²) in [5.74, 6) is 0. The van der Waals surface area contributed by atoms with E-state index in [1.807, 2.05) is 0 Å². The van der Waals surface area contributed by atoms with Crippen LogP contribution in [0.5, 0.6) is 0 Å². The number of nitrogens with zero attached hydrogens (tertiary/aromatic N) is 2. The first-order chi connectivity index (χ1) is 9.29. The van der Waals surface area contributed by atoms with Crippen molar-refractivity contribution in [3.05, 3.63) is 34.6 Å². The molecule has 2 rings (SSSR count). The lowest BCUT2D eigenvalue weighted by atomic mass is 10.2. The number of nitrogens with one attached hydrogen (secondary N) is 2. The fourth-order valence-corrected chi connectivity index (χ4v) is 2.89. The summed E-state index contributed by atoms with van der Waals surface area (Å²) in [5.41, 5.74) is 1.22. The van der Waals surface area contributed by atoms with Crippen molar-refractivity contribution < 1.29 is 4.74 Å². The van der Waals surface area contributed by atoms with Crippen LogP contribution in [0, 0.1) is 0 Å². The van der Waals surface area contributed by atoms with E-state index in [1.54, 1.807) is 18.9 Å². The minimum Gasteiger partial charge on any atom is -0.383 e. The third-order valence-corrected chi connectivity index (χ3v) is 4.05. The summed E-state index contributed by atoms with van der Waals surface area (Å²) in [4.78, 5) is 5.20.